The number of rotatable bonds is 5. The Balaban J connectivity index is 2.45. The maximum absolute atomic E-state index is 11.5. The topological polar surface area (TPSA) is 107 Å². The average Bonchev–Trinajstić information content (AvgIpc) is 2.40. The van der Waals surface area contributed by atoms with Crippen LogP contribution in [-0.4, -0.2) is 17.1 Å². The SMILES string of the molecule is CC[C@H]([NH2+]Cc1c(O)ccc2c(C)cc(=O)oc12)C(=O)[O-]. The second kappa shape index (κ2) is 5.97. The van der Waals surface area contributed by atoms with Crippen LogP contribution in [-0.2, 0) is 11.3 Å². The van der Waals surface area contributed by atoms with Crippen LogP contribution in [0.4, 0.5) is 0 Å². The molecule has 0 spiro atoms. The molecular formula is C15H17NO5. The predicted octanol–water partition coefficient (Wildman–Crippen LogP) is -0.601. The summed E-state index contributed by atoms with van der Waals surface area (Å²) in [5, 5.41) is 23.2. The highest BCUT2D eigenvalue weighted by molar-refractivity contribution is 5.84. The number of phenolic OH excluding ortho intramolecular Hbond substituents is 1. The van der Waals surface area contributed by atoms with E-state index in [0.717, 1.165) is 10.9 Å². The fraction of sp³-hybridized carbons (Fsp3) is 0.333. The summed E-state index contributed by atoms with van der Waals surface area (Å²) >= 11 is 0. The summed E-state index contributed by atoms with van der Waals surface area (Å²) in [5.74, 6) is -1.18. The molecule has 0 saturated heterocycles. The molecule has 21 heavy (non-hydrogen) atoms. The maximum atomic E-state index is 11.5. The van der Waals surface area contributed by atoms with Crippen LogP contribution >= 0.6 is 0 Å². The minimum atomic E-state index is -1.16. The Hall–Kier alpha value is -2.34. The van der Waals surface area contributed by atoms with Crippen molar-refractivity contribution >= 4 is 16.9 Å². The lowest BCUT2D eigenvalue weighted by atomic mass is 10.1. The van der Waals surface area contributed by atoms with Gasteiger partial charge in [0.15, 0.2) is 5.58 Å². The monoisotopic (exact) mass is 291 g/mol. The van der Waals surface area contributed by atoms with E-state index in [9.17, 15) is 19.8 Å². The molecule has 1 atom stereocenters. The first-order chi connectivity index (χ1) is 9.93. The number of carboxylic acid groups (broad SMARTS) is 1. The van der Waals surface area contributed by atoms with Gasteiger partial charge >= 0.3 is 5.63 Å². The Morgan fingerprint density at radius 3 is 2.81 bits per heavy atom. The highest BCUT2D eigenvalue weighted by Gasteiger charge is 2.17. The Bertz CT molecular complexity index is 735. The van der Waals surface area contributed by atoms with Crippen molar-refractivity contribution in [2.45, 2.75) is 32.9 Å². The summed E-state index contributed by atoms with van der Waals surface area (Å²) in [6.07, 6.45) is 0.400. The summed E-state index contributed by atoms with van der Waals surface area (Å²) < 4.78 is 5.18. The Labute approximate surface area is 121 Å². The number of fused-ring (bicyclic) bond motifs is 1. The molecule has 2 aromatic rings. The molecule has 112 valence electrons. The lowest BCUT2D eigenvalue weighted by Crippen LogP contribution is -2.91. The molecule has 2 rings (SSSR count). The molecular weight excluding hydrogens is 274 g/mol. The number of carbonyl (C=O) groups excluding carboxylic acids is 1. The van der Waals surface area contributed by atoms with Gasteiger partial charge in [-0.1, -0.05) is 6.92 Å². The van der Waals surface area contributed by atoms with Crippen LogP contribution in [0.5, 0.6) is 5.75 Å². The van der Waals surface area contributed by atoms with E-state index in [2.05, 4.69) is 0 Å². The quantitative estimate of drug-likeness (QED) is 0.715. The minimum absolute atomic E-state index is 0.0271. The molecule has 0 radical (unpaired) electrons. The molecule has 0 aliphatic carbocycles. The molecule has 0 fully saturated rings. The van der Waals surface area contributed by atoms with Crippen molar-refractivity contribution in [1.82, 2.24) is 0 Å². The minimum Gasteiger partial charge on any atom is -0.544 e. The van der Waals surface area contributed by atoms with E-state index in [4.69, 9.17) is 4.42 Å². The molecule has 1 aromatic carbocycles. The van der Waals surface area contributed by atoms with Gasteiger partial charge in [0, 0.05) is 17.9 Å². The van der Waals surface area contributed by atoms with Gasteiger partial charge in [-0.3, -0.25) is 0 Å². The Morgan fingerprint density at radius 2 is 2.19 bits per heavy atom. The molecule has 1 heterocycles. The zero-order valence-electron chi connectivity index (χ0n) is 11.9. The zero-order valence-corrected chi connectivity index (χ0v) is 11.9. The van der Waals surface area contributed by atoms with Gasteiger partial charge in [0.2, 0.25) is 0 Å². The predicted molar refractivity (Wildman–Crippen MR) is 73.6 cm³/mol. The molecule has 0 saturated carbocycles. The Morgan fingerprint density at radius 1 is 1.48 bits per heavy atom. The van der Waals surface area contributed by atoms with Crippen LogP contribution in [0.15, 0.2) is 27.4 Å². The van der Waals surface area contributed by atoms with Gasteiger partial charge in [0.25, 0.3) is 0 Å². The molecule has 0 aliphatic rings. The Kier molecular flexibility index (Phi) is 4.28. The number of nitrogens with two attached hydrogens (primary N) is 1. The highest BCUT2D eigenvalue weighted by atomic mass is 16.4. The van der Waals surface area contributed by atoms with Gasteiger partial charge in [0.1, 0.15) is 18.3 Å². The van der Waals surface area contributed by atoms with Crippen molar-refractivity contribution < 1.29 is 24.7 Å². The molecule has 6 heteroatoms. The number of aryl methyl sites for hydroxylation is 1. The lowest BCUT2D eigenvalue weighted by Gasteiger charge is -2.15. The number of aromatic hydroxyl groups is 1. The van der Waals surface area contributed by atoms with E-state index >= 15 is 0 Å². The molecule has 0 unspecified atom stereocenters. The molecule has 0 aliphatic heterocycles. The van der Waals surface area contributed by atoms with Gasteiger partial charge in [0.05, 0.1) is 11.5 Å². The maximum Gasteiger partial charge on any atom is 0.336 e. The standard InChI is InChI=1S/C15H17NO5/c1-3-11(15(19)20)16-7-10-12(17)5-4-9-8(2)6-13(18)21-14(9)10/h4-6,11,16-17H,3,7H2,1-2H3,(H,19,20)/t11-/m0/s1. The van der Waals surface area contributed by atoms with E-state index in [0.29, 0.717) is 17.6 Å². The van der Waals surface area contributed by atoms with E-state index in [1.165, 1.54) is 12.1 Å². The van der Waals surface area contributed by atoms with Gasteiger partial charge in [-0.15, -0.1) is 0 Å². The summed E-state index contributed by atoms with van der Waals surface area (Å²) in [5.41, 5.74) is 0.950. The molecule has 1 aromatic heterocycles. The van der Waals surface area contributed by atoms with Crippen molar-refractivity contribution in [3.63, 3.8) is 0 Å². The molecule has 6 nitrogen and oxygen atoms in total. The van der Waals surface area contributed by atoms with Gasteiger partial charge in [-0.25, -0.2) is 4.79 Å². The molecule has 0 bridgehead atoms. The number of hydrogen-bond donors (Lipinski definition) is 2. The largest absolute Gasteiger partial charge is 0.544 e. The third-order valence-corrected chi connectivity index (χ3v) is 3.55. The lowest BCUT2D eigenvalue weighted by molar-refractivity contribution is -0.698. The van der Waals surface area contributed by atoms with E-state index in [-0.39, 0.29) is 12.3 Å². The number of carboxylic acids is 1. The first-order valence-electron chi connectivity index (χ1n) is 6.73. The zero-order chi connectivity index (χ0) is 15.6. The fourth-order valence-electron chi connectivity index (χ4n) is 2.32. The van der Waals surface area contributed by atoms with Gasteiger partial charge in [-0.2, -0.15) is 0 Å². The van der Waals surface area contributed by atoms with E-state index in [1.54, 1.807) is 25.2 Å². The van der Waals surface area contributed by atoms with E-state index in [1.807, 2.05) is 0 Å². The van der Waals surface area contributed by atoms with Crippen LogP contribution in [0.25, 0.3) is 11.0 Å². The van der Waals surface area contributed by atoms with E-state index < -0.39 is 17.6 Å². The number of phenols is 1. The van der Waals surface area contributed by atoms with Crippen molar-refractivity contribution in [1.29, 1.82) is 0 Å². The highest BCUT2D eigenvalue weighted by Crippen LogP contribution is 2.27. The van der Waals surface area contributed by atoms with Crippen LogP contribution < -0.4 is 16.0 Å². The summed E-state index contributed by atoms with van der Waals surface area (Å²) in [6, 6.07) is 3.85. The first-order valence-corrected chi connectivity index (χ1v) is 6.73. The summed E-state index contributed by atoms with van der Waals surface area (Å²) in [6.45, 7) is 3.70. The first kappa shape index (κ1) is 15.1. The fourth-order valence-corrected chi connectivity index (χ4v) is 2.32. The number of quaternary nitrogens is 1. The normalized spacial score (nSPS) is 12.5. The van der Waals surface area contributed by atoms with Gasteiger partial charge < -0.3 is 24.7 Å². The van der Waals surface area contributed by atoms with Crippen LogP contribution in [0.3, 0.4) is 0 Å². The van der Waals surface area contributed by atoms with Gasteiger partial charge in [-0.05, 0) is 24.6 Å². The smallest absolute Gasteiger partial charge is 0.336 e. The second-order valence-electron chi connectivity index (χ2n) is 4.96. The molecule has 0 amide bonds. The molecule has 3 N–H and O–H groups in total. The number of carbonyl (C=O) groups is 1. The number of benzene rings is 1. The van der Waals surface area contributed by atoms with Crippen molar-refractivity contribution in [2.24, 2.45) is 0 Å². The number of hydrogen-bond acceptors (Lipinski definition) is 5. The van der Waals surface area contributed by atoms with Crippen LogP contribution in [0, 0.1) is 6.92 Å². The van der Waals surface area contributed by atoms with Crippen LogP contribution in [0.1, 0.15) is 24.5 Å². The second-order valence-corrected chi connectivity index (χ2v) is 4.96. The third-order valence-electron chi connectivity index (χ3n) is 3.55. The van der Waals surface area contributed by atoms with Crippen molar-refractivity contribution in [3.8, 4) is 5.75 Å². The average molecular weight is 291 g/mol. The van der Waals surface area contributed by atoms with Crippen molar-refractivity contribution in [2.75, 3.05) is 0 Å². The summed E-state index contributed by atoms with van der Waals surface area (Å²) in [4.78, 5) is 22.4. The number of aliphatic carboxylic acids is 1. The van der Waals surface area contributed by atoms with Crippen molar-refractivity contribution in [3.05, 3.63) is 39.7 Å². The third kappa shape index (κ3) is 3.05. The summed E-state index contributed by atoms with van der Waals surface area (Å²) in [7, 11) is 0. The van der Waals surface area contributed by atoms with Crippen LogP contribution in [0.2, 0.25) is 0 Å².